The van der Waals surface area contributed by atoms with Gasteiger partial charge in [0.2, 0.25) is 5.91 Å². The Bertz CT molecular complexity index is 933. The molecule has 3 aromatic rings. The Kier molecular flexibility index (Phi) is 7.35. The molecule has 0 aliphatic carbocycles. The second-order valence-corrected chi connectivity index (χ2v) is 8.18. The maximum absolute atomic E-state index is 12.2. The van der Waals surface area contributed by atoms with Gasteiger partial charge in [0, 0.05) is 50.5 Å². The summed E-state index contributed by atoms with van der Waals surface area (Å²) in [5.74, 6) is 0.0817. The standard InChI is InChI=1S/C27H31N3O/c31-27(13-7-12-23-8-3-1-4-9-23)28-25-14-16-26(17-15-25)30-20-18-29(19-21-30)22-24-10-5-2-6-11-24/h1-6,8-11,14-17H,7,12-13,18-22H2,(H,28,31). The molecule has 1 aliphatic heterocycles. The number of amides is 1. The van der Waals surface area contributed by atoms with E-state index in [4.69, 9.17) is 0 Å². The molecule has 31 heavy (non-hydrogen) atoms. The van der Waals surface area contributed by atoms with Crippen LogP contribution in [0.25, 0.3) is 0 Å². The first-order valence-corrected chi connectivity index (χ1v) is 11.2. The Morgan fingerprint density at radius 3 is 2.00 bits per heavy atom. The highest BCUT2D eigenvalue weighted by molar-refractivity contribution is 5.90. The van der Waals surface area contributed by atoms with E-state index in [1.165, 1.54) is 16.8 Å². The third kappa shape index (κ3) is 6.43. The minimum Gasteiger partial charge on any atom is -0.369 e. The predicted molar refractivity (Wildman–Crippen MR) is 128 cm³/mol. The number of rotatable bonds is 8. The lowest BCUT2D eigenvalue weighted by atomic mass is 10.1. The van der Waals surface area contributed by atoms with Crippen molar-refractivity contribution < 1.29 is 4.79 Å². The molecule has 1 amide bonds. The van der Waals surface area contributed by atoms with Crippen LogP contribution in [0, 0.1) is 0 Å². The van der Waals surface area contributed by atoms with Crippen LogP contribution in [0.15, 0.2) is 84.9 Å². The average molecular weight is 414 g/mol. The zero-order chi connectivity index (χ0) is 21.3. The van der Waals surface area contributed by atoms with Crippen LogP contribution in [0.3, 0.4) is 0 Å². The molecule has 4 nitrogen and oxygen atoms in total. The van der Waals surface area contributed by atoms with Gasteiger partial charge in [-0.2, -0.15) is 0 Å². The van der Waals surface area contributed by atoms with Crippen molar-refractivity contribution in [2.45, 2.75) is 25.8 Å². The minimum absolute atomic E-state index is 0.0817. The average Bonchev–Trinajstić information content (AvgIpc) is 2.82. The third-order valence-corrected chi connectivity index (χ3v) is 5.85. The number of hydrogen-bond donors (Lipinski definition) is 1. The zero-order valence-corrected chi connectivity index (χ0v) is 18.0. The first-order chi connectivity index (χ1) is 15.3. The van der Waals surface area contributed by atoms with Gasteiger partial charge in [0.1, 0.15) is 0 Å². The van der Waals surface area contributed by atoms with E-state index in [-0.39, 0.29) is 5.91 Å². The molecule has 0 aromatic heterocycles. The summed E-state index contributed by atoms with van der Waals surface area (Å²) < 4.78 is 0. The molecular formula is C27H31N3O. The number of aryl methyl sites for hydroxylation is 1. The smallest absolute Gasteiger partial charge is 0.224 e. The molecule has 4 rings (SSSR count). The van der Waals surface area contributed by atoms with Gasteiger partial charge in [0.15, 0.2) is 0 Å². The lowest BCUT2D eigenvalue weighted by Gasteiger charge is -2.36. The maximum Gasteiger partial charge on any atom is 0.224 e. The Balaban J connectivity index is 1.20. The van der Waals surface area contributed by atoms with Gasteiger partial charge < -0.3 is 10.2 Å². The van der Waals surface area contributed by atoms with E-state index in [1.54, 1.807) is 0 Å². The van der Waals surface area contributed by atoms with Gasteiger partial charge in [-0.3, -0.25) is 9.69 Å². The van der Waals surface area contributed by atoms with E-state index in [0.29, 0.717) is 6.42 Å². The fraction of sp³-hybridized carbons (Fsp3) is 0.296. The maximum atomic E-state index is 12.2. The number of hydrogen-bond acceptors (Lipinski definition) is 3. The number of piperazine rings is 1. The molecule has 1 N–H and O–H groups in total. The summed E-state index contributed by atoms with van der Waals surface area (Å²) in [6.45, 7) is 5.20. The number of anilines is 2. The quantitative estimate of drug-likeness (QED) is 0.566. The van der Waals surface area contributed by atoms with E-state index >= 15 is 0 Å². The van der Waals surface area contributed by atoms with Crippen LogP contribution >= 0.6 is 0 Å². The van der Waals surface area contributed by atoms with Crippen molar-refractivity contribution in [2.75, 3.05) is 36.4 Å². The van der Waals surface area contributed by atoms with Gasteiger partial charge in [0.25, 0.3) is 0 Å². The fourth-order valence-electron chi connectivity index (χ4n) is 4.08. The van der Waals surface area contributed by atoms with E-state index < -0.39 is 0 Å². The van der Waals surface area contributed by atoms with Gasteiger partial charge in [-0.1, -0.05) is 60.7 Å². The molecule has 1 heterocycles. The van der Waals surface area contributed by atoms with E-state index in [1.807, 2.05) is 30.3 Å². The fourth-order valence-corrected chi connectivity index (χ4v) is 4.08. The summed E-state index contributed by atoms with van der Waals surface area (Å²) in [6.07, 6.45) is 2.34. The lowest BCUT2D eigenvalue weighted by Crippen LogP contribution is -2.45. The van der Waals surface area contributed by atoms with Crippen LogP contribution in [0.4, 0.5) is 11.4 Å². The second-order valence-electron chi connectivity index (χ2n) is 8.18. The van der Waals surface area contributed by atoms with Gasteiger partial charge in [-0.25, -0.2) is 0 Å². The van der Waals surface area contributed by atoms with Crippen LogP contribution in [-0.2, 0) is 17.8 Å². The van der Waals surface area contributed by atoms with Crippen molar-refractivity contribution in [1.29, 1.82) is 0 Å². The summed E-state index contributed by atoms with van der Waals surface area (Å²) in [6, 6.07) is 29.3. The van der Waals surface area contributed by atoms with Crippen LogP contribution < -0.4 is 10.2 Å². The Morgan fingerprint density at radius 2 is 1.35 bits per heavy atom. The largest absolute Gasteiger partial charge is 0.369 e. The van der Waals surface area contributed by atoms with Crippen LogP contribution in [0.5, 0.6) is 0 Å². The normalized spacial score (nSPS) is 14.4. The molecule has 0 spiro atoms. The monoisotopic (exact) mass is 413 g/mol. The van der Waals surface area contributed by atoms with E-state index in [0.717, 1.165) is 51.3 Å². The van der Waals surface area contributed by atoms with Crippen molar-refractivity contribution in [3.8, 4) is 0 Å². The highest BCUT2D eigenvalue weighted by Crippen LogP contribution is 2.20. The summed E-state index contributed by atoms with van der Waals surface area (Å²) in [7, 11) is 0. The SMILES string of the molecule is O=C(CCCc1ccccc1)Nc1ccc(N2CCN(Cc3ccccc3)CC2)cc1. The first-order valence-electron chi connectivity index (χ1n) is 11.2. The van der Waals surface area contributed by atoms with Crippen molar-refractivity contribution in [3.05, 3.63) is 96.1 Å². The predicted octanol–water partition coefficient (Wildman–Crippen LogP) is 4.97. The van der Waals surface area contributed by atoms with Gasteiger partial charge in [0.05, 0.1) is 0 Å². The van der Waals surface area contributed by atoms with Gasteiger partial charge in [-0.15, -0.1) is 0 Å². The highest BCUT2D eigenvalue weighted by atomic mass is 16.1. The van der Waals surface area contributed by atoms with E-state index in [2.05, 4.69) is 69.7 Å². The highest BCUT2D eigenvalue weighted by Gasteiger charge is 2.17. The van der Waals surface area contributed by atoms with Crippen LogP contribution in [0.2, 0.25) is 0 Å². The topological polar surface area (TPSA) is 35.6 Å². The molecular weight excluding hydrogens is 382 g/mol. The summed E-state index contributed by atoms with van der Waals surface area (Å²) in [5, 5.41) is 3.03. The number of nitrogens with zero attached hydrogens (tertiary/aromatic N) is 2. The van der Waals surface area contributed by atoms with Gasteiger partial charge >= 0.3 is 0 Å². The molecule has 1 aliphatic rings. The first kappa shape index (κ1) is 21.1. The van der Waals surface area contributed by atoms with Crippen molar-refractivity contribution in [1.82, 2.24) is 4.90 Å². The number of benzene rings is 3. The molecule has 1 saturated heterocycles. The Hall–Kier alpha value is -3.11. The van der Waals surface area contributed by atoms with E-state index in [9.17, 15) is 4.79 Å². The summed E-state index contributed by atoms with van der Waals surface area (Å²) in [4.78, 5) is 17.2. The molecule has 0 bridgehead atoms. The summed E-state index contributed by atoms with van der Waals surface area (Å²) >= 11 is 0. The molecule has 0 atom stereocenters. The molecule has 3 aromatic carbocycles. The number of carbonyl (C=O) groups is 1. The number of carbonyl (C=O) groups excluding carboxylic acids is 1. The molecule has 0 unspecified atom stereocenters. The molecule has 1 fully saturated rings. The molecule has 4 heteroatoms. The molecule has 160 valence electrons. The second kappa shape index (κ2) is 10.8. The van der Waals surface area contributed by atoms with Crippen molar-refractivity contribution in [2.24, 2.45) is 0 Å². The molecule has 0 radical (unpaired) electrons. The van der Waals surface area contributed by atoms with Crippen molar-refractivity contribution in [3.63, 3.8) is 0 Å². The van der Waals surface area contributed by atoms with Crippen LogP contribution in [-0.4, -0.2) is 37.0 Å². The van der Waals surface area contributed by atoms with Crippen molar-refractivity contribution >= 4 is 17.3 Å². The lowest BCUT2D eigenvalue weighted by molar-refractivity contribution is -0.116. The number of nitrogens with one attached hydrogen (secondary N) is 1. The third-order valence-electron chi connectivity index (χ3n) is 5.85. The Labute approximate surface area is 185 Å². The zero-order valence-electron chi connectivity index (χ0n) is 18.0. The van der Waals surface area contributed by atoms with Gasteiger partial charge in [-0.05, 0) is 48.2 Å². The Morgan fingerprint density at radius 1 is 0.742 bits per heavy atom. The summed E-state index contributed by atoms with van der Waals surface area (Å²) in [5.41, 5.74) is 4.75. The minimum atomic E-state index is 0.0817. The van der Waals surface area contributed by atoms with Crippen LogP contribution in [0.1, 0.15) is 24.0 Å². The molecule has 0 saturated carbocycles.